The largest absolute Gasteiger partial charge is 0.355 e. The Labute approximate surface area is 165 Å². The van der Waals surface area contributed by atoms with Crippen LogP contribution in [0.4, 0.5) is 5.69 Å². The summed E-state index contributed by atoms with van der Waals surface area (Å²) in [5.41, 5.74) is 5.33. The number of benzene rings is 1. The minimum Gasteiger partial charge on any atom is -0.355 e. The average Bonchev–Trinajstić information content (AvgIpc) is 3.10. The molecule has 0 saturated carbocycles. The van der Waals surface area contributed by atoms with Crippen LogP contribution in [0, 0.1) is 13.8 Å². The van der Waals surface area contributed by atoms with Gasteiger partial charge in [0.05, 0.1) is 23.8 Å². The third kappa shape index (κ3) is 4.48. The van der Waals surface area contributed by atoms with Crippen LogP contribution < -0.4 is 4.72 Å². The summed E-state index contributed by atoms with van der Waals surface area (Å²) in [6, 6.07) is 12.9. The molecule has 1 aromatic carbocycles. The van der Waals surface area contributed by atoms with Crippen LogP contribution in [0.3, 0.4) is 0 Å². The number of aromatic amines is 1. The third-order valence-electron chi connectivity index (χ3n) is 4.58. The van der Waals surface area contributed by atoms with E-state index in [0.717, 1.165) is 28.8 Å². The van der Waals surface area contributed by atoms with Gasteiger partial charge in [-0.15, -0.1) is 0 Å². The summed E-state index contributed by atoms with van der Waals surface area (Å²) in [4.78, 5) is 20.4. The zero-order valence-electron chi connectivity index (χ0n) is 16.3. The van der Waals surface area contributed by atoms with Crippen molar-refractivity contribution in [1.29, 1.82) is 0 Å². The van der Waals surface area contributed by atoms with Crippen LogP contribution >= 0.6 is 0 Å². The van der Waals surface area contributed by atoms with E-state index in [-0.39, 0.29) is 11.7 Å². The lowest BCUT2D eigenvalue weighted by molar-refractivity contribution is 0.103. The van der Waals surface area contributed by atoms with Crippen molar-refractivity contribution in [1.82, 2.24) is 9.97 Å². The normalized spacial score (nSPS) is 12.6. The van der Waals surface area contributed by atoms with Crippen molar-refractivity contribution in [2.45, 2.75) is 26.7 Å². The van der Waals surface area contributed by atoms with Gasteiger partial charge in [0.15, 0.2) is 0 Å². The summed E-state index contributed by atoms with van der Waals surface area (Å²) >= 11 is 0. The molecule has 3 aromatic rings. The molecule has 6 nitrogen and oxygen atoms in total. The van der Waals surface area contributed by atoms with Crippen molar-refractivity contribution < 1.29 is 13.2 Å². The van der Waals surface area contributed by atoms with E-state index < -0.39 is 10.0 Å². The number of nitrogens with zero attached hydrogens (tertiary/aromatic N) is 1. The lowest BCUT2D eigenvalue weighted by Gasteiger charge is -2.11. The van der Waals surface area contributed by atoms with Crippen LogP contribution in [0.5, 0.6) is 0 Å². The Morgan fingerprint density at radius 1 is 1.11 bits per heavy atom. The zero-order chi connectivity index (χ0) is 20.5. The Morgan fingerprint density at radius 3 is 2.46 bits per heavy atom. The standard InChI is InChI=1S/C21H23N3O3S/c1-13-5-7-17(14(2)11-13)21(25)20-10-9-19(23-20)15(3)18-8-6-16(12-22-18)24-28(4,26)27/h5-12,15,23-24H,1-4H3. The van der Waals surface area contributed by atoms with Gasteiger partial charge >= 0.3 is 0 Å². The number of aromatic nitrogens is 2. The van der Waals surface area contributed by atoms with E-state index in [4.69, 9.17) is 0 Å². The summed E-state index contributed by atoms with van der Waals surface area (Å²) in [6.45, 7) is 5.91. The molecule has 28 heavy (non-hydrogen) atoms. The van der Waals surface area contributed by atoms with Crippen LogP contribution in [-0.2, 0) is 10.0 Å². The van der Waals surface area contributed by atoms with Gasteiger partial charge in [-0.25, -0.2) is 8.42 Å². The van der Waals surface area contributed by atoms with Crippen LogP contribution in [0.1, 0.15) is 51.4 Å². The number of nitrogens with one attached hydrogen (secondary N) is 2. The molecule has 146 valence electrons. The number of rotatable bonds is 6. The van der Waals surface area contributed by atoms with E-state index >= 15 is 0 Å². The van der Waals surface area contributed by atoms with E-state index in [2.05, 4.69) is 14.7 Å². The molecule has 0 fully saturated rings. The number of sulfonamides is 1. The second-order valence-corrected chi connectivity index (χ2v) is 8.79. The minimum atomic E-state index is -3.33. The number of hydrogen-bond acceptors (Lipinski definition) is 4. The van der Waals surface area contributed by atoms with E-state index in [1.807, 2.05) is 45.0 Å². The molecule has 3 rings (SSSR count). The molecule has 7 heteroatoms. The number of H-pyrrole nitrogens is 1. The maximum absolute atomic E-state index is 12.8. The SMILES string of the molecule is Cc1ccc(C(=O)c2ccc(C(C)c3ccc(NS(C)(=O)=O)cn3)[nH]2)c(C)c1. The lowest BCUT2D eigenvalue weighted by atomic mass is 10.0. The molecule has 0 aliphatic heterocycles. The maximum Gasteiger partial charge on any atom is 0.229 e. The van der Waals surface area contributed by atoms with E-state index in [1.54, 1.807) is 18.2 Å². The predicted molar refractivity (Wildman–Crippen MR) is 110 cm³/mol. The van der Waals surface area contributed by atoms with Gasteiger partial charge in [-0.2, -0.15) is 0 Å². The number of anilines is 1. The fraction of sp³-hybridized carbons (Fsp3) is 0.238. The Morgan fingerprint density at radius 2 is 1.86 bits per heavy atom. The number of pyridine rings is 1. The van der Waals surface area contributed by atoms with Crippen molar-refractivity contribution in [3.8, 4) is 0 Å². The maximum atomic E-state index is 12.8. The second kappa shape index (κ2) is 7.59. The van der Waals surface area contributed by atoms with Crippen molar-refractivity contribution in [3.05, 3.63) is 82.4 Å². The van der Waals surface area contributed by atoms with Gasteiger partial charge in [0.25, 0.3) is 0 Å². The second-order valence-electron chi connectivity index (χ2n) is 7.04. The smallest absolute Gasteiger partial charge is 0.229 e. The van der Waals surface area contributed by atoms with Crippen LogP contribution in [-0.4, -0.2) is 30.4 Å². The summed E-state index contributed by atoms with van der Waals surface area (Å²) in [7, 11) is -3.33. The zero-order valence-corrected chi connectivity index (χ0v) is 17.1. The number of carbonyl (C=O) groups is 1. The fourth-order valence-corrected chi connectivity index (χ4v) is 3.65. The molecule has 0 radical (unpaired) electrons. The molecule has 0 bridgehead atoms. The molecular formula is C21H23N3O3S. The molecule has 2 aromatic heterocycles. The molecule has 1 atom stereocenters. The van der Waals surface area contributed by atoms with Gasteiger partial charge in [-0.3, -0.25) is 14.5 Å². The Bertz CT molecular complexity index is 1120. The third-order valence-corrected chi connectivity index (χ3v) is 5.19. The quantitative estimate of drug-likeness (QED) is 0.619. The summed E-state index contributed by atoms with van der Waals surface area (Å²) < 4.78 is 25.0. The van der Waals surface area contributed by atoms with E-state index in [0.29, 0.717) is 16.9 Å². The van der Waals surface area contributed by atoms with Crippen LogP contribution in [0.25, 0.3) is 0 Å². The molecule has 2 heterocycles. The number of hydrogen-bond donors (Lipinski definition) is 2. The van der Waals surface area contributed by atoms with Crippen molar-refractivity contribution >= 4 is 21.5 Å². The predicted octanol–water partition coefficient (Wildman–Crippen LogP) is 3.78. The van der Waals surface area contributed by atoms with E-state index in [1.165, 1.54) is 6.20 Å². The first-order chi connectivity index (χ1) is 13.1. The van der Waals surface area contributed by atoms with Gasteiger partial charge in [0.2, 0.25) is 15.8 Å². The Balaban J connectivity index is 1.80. The summed E-state index contributed by atoms with van der Waals surface area (Å²) in [6.07, 6.45) is 2.58. The first kappa shape index (κ1) is 19.8. The molecule has 0 amide bonds. The minimum absolute atomic E-state index is 0.0448. The van der Waals surface area contributed by atoms with Gasteiger partial charge in [0, 0.05) is 22.9 Å². The summed E-state index contributed by atoms with van der Waals surface area (Å²) in [5.74, 6) is -0.121. The average molecular weight is 398 g/mol. The first-order valence-corrected chi connectivity index (χ1v) is 10.8. The number of aryl methyl sites for hydroxylation is 2. The monoisotopic (exact) mass is 397 g/mol. The first-order valence-electron chi connectivity index (χ1n) is 8.88. The highest BCUT2D eigenvalue weighted by molar-refractivity contribution is 7.92. The van der Waals surface area contributed by atoms with Crippen molar-refractivity contribution in [2.75, 3.05) is 11.0 Å². The van der Waals surface area contributed by atoms with Gasteiger partial charge in [-0.05, 0) is 43.7 Å². The van der Waals surface area contributed by atoms with Gasteiger partial charge < -0.3 is 4.98 Å². The molecule has 0 spiro atoms. The van der Waals surface area contributed by atoms with E-state index in [9.17, 15) is 13.2 Å². The highest BCUT2D eigenvalue weighted by Crippen LogP contribution is 2.24. The molecule has 0 saturated heterocycles. The van der Waals surface area contributed by atoms with Gasteiger partial charge in [0.1, 0.15) is 0 Å². The number of carbonyl (C=O) groups excluding carboxylic acids is 1. The molecule has 0 aliphatic rings. The fourth-order valence-electron chi connectivity index (χ4n) is 3.11. The molecule has 0 aliphatic carbocycles. The number of ketones is 1. The highest BCUT2D eigenvalue weighted by atomic mass is 32.2. The van der Waals surface area contributed by atoms with Crippen LogP contribution in [0.15, 0.2) is 48.7 Å². The molecule has 1 unspecified atom stereocenters. The Hall–Kier alpha value is -2.93. The van der Waals surface area contributed by atoms with Crippen molar-refractivity contribution in [2.24, 2.45) is 0 Å². The van der Waals surface area contributed by atoms with Crippen LogP contribution in [0.2, 0.25) is 0 Å². The topological polar surface area (TPSA) is 91.9 Å². The molecular weight excluding hydrogens is 374 g/mol. The van der Waals surface area contributed by atoms with Crippen molar-refractivity contribution in [3.63, 3.8) is 0 Å². The Kier molecular flexibility index (Phi) is 5.38. The highest BCUT2D eigenvalue weighted by Gasteiger charge is 2.17. The van der Waals surface area contributed by atoms with Gasteiger partial charge in [-0.1, -0.05) is 30.7 Å². The lowest BCUT2D eigenvalue weighted by Crippen LogP contribution is -2.10. The summed E-state index contributed by atoms with van der Waals surface area (Å²) in [5, 5.41) is 0. The molecule has 2 N–H and O–H groups in total.